The zero-order chi connectivity index (χ0) is 17.4. The van der Waals surface area contributed by atoms with E-state index in [0.29, 0.717) is 18.0 Å². The quantitative estimate of drug-likeness (QED) is 0.847. The van der Waals surface area contributed by atoms with Gasteiger partial charge in [-0.25, -0.2) is 0 Å². The van der Waals surface area contributed by atoms with Crippen LogP contribution in [0.5, 0.6) is 0 Å². The Morgan fingerprint density at radius 2 is 2.08 bits per heavy atom. The van der Waals surface area contributed by atoms with Crippen LogP contribution in [0.15, 0.2) is 30.3 Å². The number of aromatic amines is 1. The van der Waals surface area contributed by atoms with E-state index >= 15 is 0 Å². The summed E-state index contributed by atoms with van der Waals surface area (Å²) in [5.74, 6) is 1.46. The molecule has 2 saturated heterocycles. The van der Waals surface area contributed by atoms with Crippen molar-refractivity contribution in [3.05, 3.63) is 41.7 Å². The number of hydrogen-bond donors (Lipinski definition) is 2. The fourth-order valence-corrected chi connectivity index (χ4v) is 4.62. The Balaban J connectivity index is 1.10. The maximum atomic E-state index is 6.31. The summed E-state index contributed by atoms with van der Waals surface area (Å²) in [6, 6.07) is 12.0. The number of benzene rings is 1. The van der Waals surface area contributed by atoms with Gasteiger partial charge in [-0.05, 0) is 31.2 Å². The molecule has 1 unspecified atom stereocenters. The third-order valence-electron chi connectivity index (χ3n) is 6.20. The molecule has 1 aliphatic carbocycles. The minimum absolute atomic E-state index is 0.0720. The third kappa shape index (κ3) is 3.39. The highest BCUT2D eigenvalue weighted by Gasteiger charge is 2.46. The van der Waals surface area contributed by atoms with Crippen LogP contribution in [-0.2, 0) is 11.3 Å². The second kappa shape index (κ2) is 6.72. The SMILES string of the molecule is c1ccc([C@@H]2C[C@H]2NC2COC3(CCN(Cc4nn[nH]n4)CC3)C2)cc1. The van der Waals surface area contributed by atoms with Crippen LogP contribution in [-0.4, -0.2) is 62.9 Å². The Morgan fingerprint density at radius 3 is 2.85 bits per heavy atom. The summed E-state index contributed by atoms with van der Waals surface area (Å²) in [7, 11) is 0. The van der Waals surface area contributed by atoms with E-state index in [2.05, 4.69) is 61.2 Å². The van der Waals surface area contributed by atoms with Crippen molar-refractivity contribution >= 4 is 0 Å². The summed E-state index contributed by atoms with van der Waals surface area (Å²) in [6.07, 6.45) is 4.58. The van der Waals surface area contributed by atoms with Crippen molar-refractivity contribution in [1.82, 2.24) is 30.8 Å². The normalized spacial score (nSPS) is 30.7. The van der Waals surface area contributed by atoms with E-state index in [9.17, 15) is 0 Å². The second-order valence-electron chi connectivity index (χ2n) is 8.03. The van der Waals surface area contributed by atoms with Crippen molar-refractivity contribution in [3.63, 3.8) is 0 Å². The third-order valence-corrected chi connectivity index (χ3v) is 6.20. The average molecular weight is 354 g/mol. The molecule has 3 fully saturated rings. The molecule has 5 rings (SSSR count). The van der Waals surface area contributed by atoms with Crippen LogP contribution >= 0.6 is 0 Å². The molecule has 26 heavy (non-hydrogen) atoms. The van der Waals surface area contributed by atoms with Gasteiger partial charge in [-0.15, -0.1) is 10.2 Å². The fraction of sp³-hybridized carbons (Fsp3) is 0.632. The number of tetrazole rings is 1. The first-order valence-electron chi connectivity index (χ1n) is 9.69. The van der Waals surface area contributed by atoms with Gasteiger partial charge in [-0.2, -0.15) is 5.21 Å². The number of aromatic nitrogens is 4. The Bertz CT molecular complexity index is 713. The summed E-state index contributed by atoms with van der Waals surface area (Å²) >= 11 is 0. The monoisotopic (exact) mass is 354 g/mol. The predicted molar refractivity (Wildman–Crippen MR) is 96.5 cm³/mol. The van der Waals surface area contributed by atoms with Crippen molar-refractivity contribution in [3.8, 4) is 0 Å². The molecule has 1 saturated carbocycles. The van der Waals surface area contributed by atoms with Crippen molar-refractivity contribution in [1.29, 1.82) is 0 Å². The van der Waals surface area contributed by atoms with Crippen molar-refractivity contribution < 1.29 is 4.74 Å². The summed E-state index contributed by atoms with van der Waals surface area (Å²) in [5, 5.41) is 18.1. The van der Waals surface area contributed by atoms with E-state index in [1.807, 2.05) is 0 Å². The molecule has 2 aromatic rings. The van der Waals surface area contributed by atoms with Crippen LogP contribution in [0, 0.1) is 0 Å². The highest BCUT2D eigenvalue weighted by atomic mass is 16.5. The molecule has 2 N–H and O–H groups in total. The minimum atomic E-state index is 0.0720. The van der Waals surface area contributed by atoms with Gasteiger partial charge in [0.1, 0.15) is 0 Å². The summed E-state index contributed by atoms with van der Waals surface area (Å²) in [5.41, 5.74) is 1.54. The van der Waals surface area contributed by atoms with Crippen LogP contribution in [0.2, 0.25) is 0 Å². The van der Waals surface area contributed by atoms with Gasteiger partial charge in [0.15, 0.2) is 5.82 Å². The summed E-state index contributed by atoms with van der Waals surface area (Å²) in [6.45, 7) is 3.70. The average Bonchev–Trinajstić information content (AvgIpc) is 3.05. The lowest BCUT2D eigenvalue weighted by atomic mass is 9.87. The fourth-order valence-electron chi connectivity index (χ4n) is 4.62. The van der Waals surface area contributed by atoms with Gasteiger partial charge < -0.3 is 10.1 Å². The van der Waals surface area contributed by atoms with Gasteiger partial charge in [0, 0.05) is 31.1 Å². The Labute approximate surface area is 153 Å². The number of nitrogens with one attached hydrogen (secondary N) is 2. The number of ether oxygens (including phenoxy) is 1. The highest BCUT2D eigenvalue weighted by Crippen LogP contribution is 2.43. The van der Waals surface area contributed by atoms with Crippen LogP contribution in [0.1, 0.15) is 43.0 Å². The molecule has 138 valence electrons. The van der Waals surface area contributed by atoms with E-state index in [-0.39, 0.29) is 5.60 Å². The molecule has 1 spiro atoms. The smallest absolute Gasteiger partial charge is 0.188 e. The number of piperidine rings is 1. The van der Waals surface area contributed by atoms with Crippen LogP contribution in [0.25, 0.3) is 0 Å². The second-order valence-corrected chi connectivity index (χ2v) is 8.03. The van der Waals surface area contributed by atoms with Crippen LogP contribution < -0.4 is 5.32 Å². The first-order chi connectivity index (χ1) is 12.8. The van der Waals surface area contributed by atoms with E-state index in [4.69, 9.17) is 4.74 Å². The van der Waals surface area contributed by atoms with E-state index in [1.165, 1.54) is 12.0 Å². The van der Waals surface area contributed by atoms with Crippen molar-refractivity contribution in [2.45, 2.75) is 55.8 Å². The summed E-state index contributed by atoms with van der Waals surface area (Å²) < 4.78 is 6.31. The zero-order valence-corrected chi connectivity index (χ0v) is 15.0. The van der Waals surface area contributed by atoms with Crippen molar-refractivity contribution in [2.75, 3.05) is 19.7 Å². The highest BCUT2D eigenvalue weighted by molar-refractivity contribution is 5.27. The lowest BCUT2D eigenvalue weighted by Gasteiger charge is -2.38. The molecule has 0 radical (unpaired) electrons. The first-order valence-corrected chi connectivity index (χ1v) is 9.69. The van der Waals surface area contributed by atoms with Crippen LogP contribution in [0.4, 0.5) is 0 Å². The number of H-pyrrole nitrogens is 1. The largest absolute Gasteiger partial charge is 0.373 e. The van der Waals surface area contributed by atoms with Gasteiger partial charge in [0.2, 0.25) is 0 Å². The molecule has 3 atom stereocenters. The van der Waals surface area contributed by atoms with E-state index < -0.39 is 0 Å². The Morgan fingerprint density at radius 1 is 1.23 bits per heavy atom. The van der Waals surface area contributed by atoms with Gasteiger partial charge in [-0.3, -0.25) is 4.90 Å². The Hall–Kier alpha value is -1.83. The molecule has 7 heteroatoms. The predicted octanol–water partition coefficient (Wildman–Crippen LogP) is 1.47. The zero-order valence-electron chi connectivity index (χ0n) is 15.0. The van der Waals surface area contributed by atoms with E-state index in [1.54, 1.807) is 0 Å². The van der Waals surface area contributed by atoms with Crippen LogP contribution in [0.3, 0.4) is 0 Å². The molecule has 2 aliphatic heterocycles. The molecule has 7 nitrogen and oxygen atoms in total. The molecular weight excluding hydrogens is 328 g/mol. The molecule has 0 amide bonds. The lowest BCUT2D eigenvalue weighted by molar-refractivity contribution is -0.0453. The lowest BCUT2D eigenvalue weighted by Crippen LogP contribution is -2.44. The summed E-state index contributed by atoms with van der Waals surface area (Å²) in [4.78, 5) is 2.40. The molecule has 3 heterocycles. The topological polar surface area (TPSA) is 79.0 Å². The number of rotatable bonds is 5. The molecule has 1 aromatic carbocycles. The molecular formula is C19H26N6O. The number of likely N-dealkylation sites (tertiary alicyclic amines) is 1. The Kier molecular flexibility index (Phi) is 4.23. The van der Waals surface area contributed by atoms with Gasteiger partial charge in [-0.1, -0.05) is 35.5 Å². The van der Waals surface area contributed by atoms with Gasteiger partial charge in [0.05, 0.1) is 18.8 Å². The van der Waals surface area contributed by atoms with Gasteiger partial charge in [0.25, 0.3) is 0 Å². The molecule has 1 aromatic heterocycles. The number of nitrogens with zero attached hydrogens (tertiary/aromatic N) is 4. The van der Waals surface area contributed by atoms with E-state index in [0.717, 1.165) is 51.3 Å². The van der Waals surface area contributed by atoms with Gasteiger partial charge >= 0.3 is 0 Å². The number of hydrogen-bond acceptors (Lipinski definition) is 6. The molecule has 3 aliphatic rings. The maximum absolute atomic E-state index is 6.31. The maximum Gasteiger partial charge on any atom is 0.188 e. The molecule has 0 bridgehead atoms. The standard InChI is InChI=1S/C19H26N6O/c1-2-4-14(5-3-1)16-10-17(16)20-15-11-19(26-13-15)6-8-25(9-7-19)12-18-21-23-24-22-18/h1-5,15-17,20H,6-13H2,(H,21,22,23,24)/t15?,16-,17+/m0/s1. The first kappa shape index (κ1) is 16.4. The minimum Gasteiger partial charge on any atom is -0.373 e. The van der Waals surface area contributed by atoms with Crippen molar-refractivity contribution in [2.24, 2.45) is 0 Å².